The highest BCUT2D eigenvalue weighted by Crippen LogP contribution is 2.16. The van der Waals surface area contributed by atoms with E-state index in [1.807, 2.05) is 11.9 Å². The van der Waals surface area contributed by atoms with Crippen LogP contribution >= 0.6 is 12.4 Å². The smallest absolute Gasteiger partial charge is 0.253 e. The second-order valence-corrected chi connectivity index (χ2v) is 5.36. The third kappa shape index (κ3) is 4.71. The lowest BCUT2D eigenvalue weighted by Gasteiger charge is -2.32. The molecule has 0 saturated carbocycles. The van der Waals surface area contributed by atoms with Gasteiger partial charge in [0, 0.05) is 36.8 Å². The number of carbonyl (C=O) groups is 2. The topological polar surface area (TPSA) is 61.4 Å². The molecule has 0 aliphatic carbocycles. The van der Waals surface area contributed by atoms with Gasteiger partial charge in [-0.3, -0.25) is 9.59 Å². The molecule has 1 aromatic rings. The first kappa shape index (κ1) is 18.5. The Hall–Kier alpha value is -1.59. The minimum Gasteiger partial charge on any atom is -0.337 e. The van der Waals surface area contributed by atoms with Crippen LogP contribution in [-0.4, -0.2) is 42.9 Å². The monoisotopic (exact) mass is 325 g/mol. The highest BCUT2D eigenvalue weighted by atomic mass is 35.5. The number of nitrogens with one attached hydrogen (secondary N) is 2. The molecule has 1 aliphatic heterocycles. The Morgan fingerprint density at radius 3 is 2.82 bits per heavy atom. The standard InChI is InChI=1S/C16H23N3O2.ClH/c1-3-15(20)18-13-7-4-6-12(10-13)16(21)19-9-5-8-14(11-19)17-2;/h4,6-7,10,14,17H,3,5,8-9,11H2,1-2H3,(H,18,20);1H. The number of amides is 2. The van der Waals surface area contributed by atoms with Crippen LogP contribution in [0.3, 0.4) is 0 Å². The van der Waals surface area contributed by atoms with Crippen LogP contribution in [0, 0.1) is 0 Å². The van der Waals surface area contributed by atoms with Crippen molar-refractivity contribution in [1.82, 2.24) is 10.2 Å². The Morgan fingerprint density at radius 1 is 1.36 bits per heavy atom. The van der Waals surface area contributed by atoms with Crippen LogP contribution in [0.5, 0.6) is 0 Å². The minimum absolute atomic E-state index is 0. The summed E-state index contributed by atoms with van der Waals surface area (Å²) in [5.41, 5.74) is 1.30. The summed E-state index contributed by atoms with van der Waals surface area (Å²) in [5.74, 6) is -0.0182. The summed E-state index contributed by atoms with van der Waals surface area (Å²) in [7, 11) is 1.93. The molecule has 1 aliphatic rings. The van der Waals surface area contributed by atoms with Crippen LogP contribution in [0.4, 0.5) is 5.69 Å². The number of hydrogen-bond acceptors (Lipinski definition) is 3. The van der Waals surface area contributed by atoms with Gasteiger partial charge in [0.2, 0.25) is 5.91 Å². The molecule has 1 fully saturated rings. The predicted molar refractivity (Wildman–Crippen MR) is 90.6 cm³/mol. The lowest BCUT2D eigenvalue weighted by molar-refractivity contribution is -0.115. The van der Waals surface area contributed by atoms with Crippen LogP contribution in [-0.2, 0) is 4.79 Å². The maximum atomic E-state index is 12.6. The summed E-state index contributed by atoms with van der Waals surface area (Å²) in [6.07, 6.45) is 2.55. The molecule has 0 radical (unpaired) electrons. The summed E-state index contributed by atoms with van der Waals surface area (Å²) < 4.78 is 0. The van der Waals surface area contributed by atoms with Crippen molar-refractivity contribution in [3.63, 3.8) is 0 Å². The second kappa shape index (κ2) is 8.76. The third-order valence-corrected chi connectivity index (χ3v) is 3.83. The Bertz CT molecular complexity index is 522. The molecule has 2 amide bonds. The molecular formula is C16H24ClN3O2. The van der Waals surface area contributed by atoms with Gasteiger partial charge in [0.15, 0.2) is 0 Å². The average molecular weight is 326 g/mol. The van der Waals surface area contributed by atoms with E-state index in [9.17, 15) is 9.59 Å². The first-order valence-corrected chi connectivity index (χ1v) is 7.50. The molecule has 0 aromatic heterocycles. The molecule has 2 rings (SSSR count). The molecule has 0 spiro atoms. The molecule has 6 heteroatoms. The number of hydrogen-bond donors (Lipinski definition) is 2. The summed E-state index contributed by atoms with van der Waals surface area (Å²) in [4.78, 5) is 25.9. The van der Waals surface area contributed by atoms with E-state index in [0.717, 1.165) is 25.9 Å². The Labute approximate surface area is 137 Å². The predicted octanol–water partition coefficient (Wildman–Crippen LogP) is 2.28. The largest absolute Gasteiger partial charge is 0.337 e. The number of anilines is 1. The fourth-order valence-electron chi connectivity index (χ4n) is 2.56. The van der Waals surface area contributed by atoms with Gasteiger partial charge in [-0.15, -0.1) is 12.4 Å². The van der Waals surface area contributed by atoms with Gasteiger partial charge in [0.25, 0.3) is 5.91 Å². The van der Waals surface area contributed by atoms with Crippen LogP contribution in [0.1, 0.15) is 36.5 Å². The highest BCUT2D eigenvalue weighted by Gasteiger charge is 2.23. The van der Waals surface area contributed by atoms with Gasteiger partial charge in [-0.1, -0.05) is 13.0 Å². The van der Waals surface area contributed by atoms with Gasteiger partial charge in [0.05, 0.1) is 0 Å². The van der Waals surface area contributed by atoms with Gasteiger partial charge in [-0.2, -0.15) is 0 Å². The molecular weight excluding hydrogens is 302 g/mol. The van der Waals surface area contributed by atoms with E-state index in [2.05, 4.69) is 10.6 Å². The molecule has 1 heterocycles. The van der Waals surface area contributed by atoms with Crippen molar-refractivity contribution >= 4 is 29.9 Å². The van der Waals surface area contributed by atoms with E-state index < -0.39 is 0 Å². The van der Waals surface area contributed by atoms with Crippen LogP contribution in [0.2, 0.25) is 0 Å². The van der Waals surface area contributed by atoms with E-state index in [-0.39, 0.29) is 24.2 Å². The number of carbonyl (C=O) groups excluding carboxylic acids is 2. The van der Waals surface area contributed by atoms with Crippen molar-refractivity contribution in [2.24, 2.45) is 0 Å². The molecule has 22 heavy (non-hydrogen) atoms. The maximum absolute atomic E-state index is 12.6. The van der Waals surface area contributed by atoms with Gasteiger partial charge in [0.1, 0.15) is 0 Å². The molecule has 122 valence electrons. The first-order chi connectivity index (χ1) is 10.1. The van der Waals surface area contributed by atoms with E-state index in [1.54, 1.807) is 31.2 Å². The van der Waals surface area contributed by atoms with Crippen LogP contribution in [0.15, 0.2) is 24.3 Å². The number of likely N-dealkylation sites (tertiary alicyclic amines) is 1. The van der Waals surface area contributed by atoms with Gasteiger partial charge >= 0.3 is 0 Å². The number of piperidine rings is 1. The summed E-state index contributed by atoms with van der Waals surface area (Å²) in [6, 6.07) is 7.52. The number of nitrogens with zero attached hydrogens (tertiary/aromatic N) is 1. The Morgan fingerprint density at radius 2 is 2.14 bits per heavy atom. The quantitative estimate of drug-likeness (QED) is 0.892. The zero-order chi connectivity index (χ0) is 15.2. The summed E-state index contributed by atoms with van der Waals surface area (Å²) >= 11 is 0. The van der Waals surface area contributed by atoms with E-state index >= 15 is 0 Å². The fraction of sp³-hybridized carbons (Fsp3) is 0.500. The maximum Gasteiger partial charge on any atom is 0.253 e. The average Bonchev–Trinajstić information content (AvgIpc) is 2.54. The van der Waals surface area contributed by atoms with Crippen molar-refractivity contribution in [1.29, 1.82) is 0 Å². The molecule has 1 atom stereocenters. The lowest BCUT2D eigenvalue weighted by atomic mass is 10.0. The number of benzene rings is 1. The van der Waals surface area contributed by atoms with Gasteiger partial charge < -0.3 is 15.5 Å². The first-order valence-electron chi connectivity index (χ1n) is 7.50. The van der Waals surface area contributed by atoms with Crippen LogP contribution in [0.25, 0.3) is 0 Å². The summed E-state index contributed by atoms with van der Waals surface area (Å²) in [6.45, 7) is 3.33. The molecule has 0 bridgehead atoms. The van der Waals surface area contributed by atoms with Crippen molar-refractivity contribution in [3.8, 4) is 0 Å². The molecule has 2 N–H and O–H groups in total. The Kier molecular flexibility index (Phi) is 7.35. The van der Waals surface area contributed by atoms with Crippen molar-refractivity contribution in [3.05, 3.63) is 29.8 Å². The summed E-state index contributed by atoms with van der Waals surface area (Å²) in [5, 5.41) is 6.02. The minimum atomic E-state index is -0.0483. The van der Waals surface area contributed by atoms with Crippen LogP contribution < -0.4 is 10.6 Å². The number of halogens is 1. The van der Waals surface area contributed by atoms with E-state index in [0.29, 0.717) is 23.7 Å². The van der Waals surface area contributed by atoms with Crippen molar-refractivity contribution < 1.29 is 9.59 Å². The fourth-order valence-corrected chi connectivity index (χ4v) is 2.56. The normalized spacial score (nSPS) is 17.5. The Balaban J connectivity index is 0.00000242. The van der Waals surface area contributed by atoms with Gasteiger partial charge in [-0.05, 0) is 38.1 Å². The van der Waals surface area contributed by atoms with Gasteiger partial charge in [-0.25, -0.2) is 0 Å². The molecule has 5 nitrogen and oxygen atoms in total. The lowest BCUT2D eigenvalue weighted by Crippen LogP contribution is -2.46. The highest BCUT2D eigenvalue weighted by molar-refractivity contribution is 5.97. The SMILES string of the molecule is CCC(=O)Nc1cccc(C(=O)N2CCCC(NC)C2)c1.Cl. The van der Waals surface area contributed by atoms with Crippen molar-refractivity contribution in [2.75, 3.05) is 25.5 Å². The van der Waals surface area contributed by atoms with Crippen molar-refractivity contribution in [2.45, 2.75) is 32.2 Å². The zero-order valence-corrected chi connectivity index (χ0v) is 13.9. The number of likely N-dealkylation sites (N-methyl/N-ethyl adjacent to an activating group) is 1. The van der Waals surface area contributed by atoms with E-state index in [1.165, 1.54) is 0 Å². The van der Waals surface area contributed by atoms with E-state index in [4.69, 9.17) is 0 Å². The molecule has 1 aromatic carbocycles. The molecule has 1 unspecified atom stereocenters. The third-order valence-electron chi connectivity index (χ3n) is 3.83. The number of rotatable bonds is 4. The zero-order valence-electron chi connectivity index (χ0n) is 13.1. The second-order valence-electron chi connectivity index (χ2n) is 5.36. The molecule has 1 saturated heterocycles.